The van der Waals surface area contributed by atoms with Crippen LogP contribution < -0.4 is 10.6 Å². The minimum absolute atomic E-state index is 0.207. The van der Waals surface area contributed by atoms with Crippen LogP contribution in [0.4, 0.5) is 0 Å². The summed E-state index contributed by atoms with van der Waals surface area (Å²) in [7, 11) is 7.86. The standard InChI is InChI=1S/C20H27N7/c1-21-20(24-13-19(26(2)3)16-12-25-27(4)14-16)23-11-15-9-10-22-18-8-6-5-7-17(15)18/h5-10,12,14,19H,11,13H2,1-4H3,(H2,21,23,24). The average molecular weight is 365 g/mol. The van der Waals surface area contributed by atoms with Crippen LogP contribution in [0.15, 0.2) is 53.9 Å². The molecule has 27 heavy (non-hydrogen) atoms. The van der Waals surface area contributed by atoms with Gasteiger partial charge in [0.25, 0.3) is 0 Å². The van der Waals surface area contributed by atoms with Crippen molar-refractivity contribution in [3.8, 4) is 0 Å². The topological polar surface area (TPSA) is 70.4 Å². The Bertz CT molecular complexity index is 908. The normalized spacial score (nSPS) is 13.1. The fourth-order valence-electron chi connectivity index (χ4n) is 3.11. The Labute approximate surface area is 160 Å². The number of pyridine rings is 1. The Kier molecular flexibility index (Phi) is 6.03. The number of hydrogen-bond donors (Lipinski definition) is 2. The number of aryl methyl sites for hydroxylation is 1. The number of benzene rings is 1. The first kappa shape index (κ1) is 18.8. The van der Waals surface area contributed by atoms with E-state index < -0.39 is 0 Å². The summed E-state index contributed by atoms with van der Waals surface area (Å²) in [5.74, 6) is 0.770. The van der Waals surface area contributed by atoms with Crippen molar-refractivity contribution in [3.63, 3.8) is 0 Å². The van der Waals surface area contributed by atoms with Crippen molar-refractivity contribution in [2.45, 2.75) is 12.6 Å². The molecule has 1 unspecified atom stereocenters. The molecular weight excluding hydrogens is 338 g/mol. The molecule has 1 atom stereocenters. The van der Waals surface area contributed by atoms with E-state index in [2.05, 4.69) is 50.8 Å². The Morgan fingerprint density at radius 2 is 2.04 bits per heavy atom. The summed E-state index contributed by atoms with van der Waals surface area (Å²) >= 11 is 0. The molecule has 0 aliphatic heterocycles. The molecule has 0 radical (unpaired) electrons. The molecule has 142 valence electrons. The van der Waals surface area contributed by atoms with Crippen molar-refractivity contribution < 1.29 is 0 Å². The second kappa shape index (κ2) is 8.64. The van der Waals surface area contributed by atoms with E-state index in [1.165, 1.54) is 11.1 Å². The highest BCUT2D eigenvalue weighted by Gasteiger charge is 2.16. The van der Waals surface area contributed by atoms with Gasteiger partial charge in [-0.05, 0) is 31.8 Å². The first-order valence-electron chi connectivity index (χ1n) is 9.00. The fourth-order valence-corrected chi connectivity index (χ4v) is 3.11. The number of likely N-dealkylation sites (N-methyl/N-ethyl adjacent to an activating group) is 1. The third kappa shape index (κ3) is 4.62. The molecule has 0 aliphatic rings. The van der Waals surface area contributed by atoms with Crippen molar-refractivity contribution in [2.24, 2.45) is 12.0 Å². The van der Waals surface area contributed by atoms with Crippen molar-refractivity contribution >= 4 is 16.9 Å². The van der Waals surface area contributed by atoms with Gasteiger partial charge >= 0.3 is 0 Å². The van der Waals surface area contributed by atoms with Gasteiger partial charge in [0.15, 0.2) is 5.96 Å². The first-order chi connectivity index (χ1) is 13.1. The van der Waals surface area contributed by atoms with Crippen LogP contribution in [0.5, 0.6) is 0 Å². The maximum absolute atomic E-state index is 4.42. The van der Waals surface area contributed by atoms with Crippen molar-refractivity contribution in [1.82, 2.24) is 30.3 Å². The number of aliphatic imine (C=N–C) groups is 1. The van der Waals surface area contributed by atoms with Gasteiger partial charge in [0.2, 0.25) is 0 Å². The highest BCUT2D eigenvalue weighted by Crippen LogP contribution is 2.17. The zero-order valence-corrected chi connectivity index (χ0v) is 16.3. The van der Waals surface area contributed by atoms with Gasteiger partial charge in [-0.25, -0.2) is 0 Å². The first-order valence-corrected chi connectivity index (χ1v) is 9.00. The van der Waals surface area contributed by atoms with Crippen LogP contribution in [0, 0.1) is 0 Å². The quantitative estimate of drug-likeness (QED) is 0.516. The van der Waals surface area contributed by atoms with Gasteiger partial charge in [-0.2, -0.15) is 5.10 Å². The summed E-state index contributed by atoms with van der Waals surface area (Å²) in [6.07, 6.45) is 5.80. The third-order valence-electron chi connectivity index (χ3n) is 4.61. The highest BCUT2D eigenvalue weighted by atomic mass is 15.3. The average Bonchev–Trinajstić information content (AvgIpc) is 3.10. The summed E-state index contributed by atoms with van der Waals surface area (Å²) in [5.41, 5.74) is 3.37. The molecule has 0 fully saturated rings. The van der Waals surface area contributed by atoms with Gasteiger partial charge in [0.05, 0.1) is 17.8 Å². The molecule has 2 heterocycles. The second-order valence-electron chi connectivity index (χ2n) is 6.72. The molecule has 0 aliphatic carbocycles. The number of guanidine groups is 1. The van der Waals surface area contributed by atoms with Crippen molar-refractivity contribution in [2.75, 3.05) is 27.7 Å². The lowest BCUT2D eigenvalue weighted by molar-refractivity contribution is 0.298. The molecule has 2 N–H and O–H groups in total. The largest absolute Gasteiger partial charge is 0.354 e. The molecule has 0 saturated heterocycles. The Hall–Kier alpha value is -2.93. The Balaban J connectivity index is 1.63. The summed E-state index contributed by atoms with van der Waals surface area (Å²) in [6, 6.07) is 10.4. The van der Waals surface area contributed by atoms with E-state index in [9.17, 15) is 0 Å². The molecule has 7 nitrogen and oxygen atoms in total. The van der Waals surface area contributed by atoms with Crippen LogP contribution in [0.3, 0.4) is 0 Å². The number of nitrogens with zero attached hydrogens (tertiary/aromatic N) is 5. The maximum Gasteiger partial charge on any atom is 0.191 e. The molecule has 0 bridgehead atoms. The van der Waals surface area contributed by atoms with Gasteiger partial charge in [-0.15, -0.1) is 0 Å². The van der Waals surface area contributed by atoms with E-state index >= 15 is 0 Å². The predicted molar refractivity (Wildman–Crippen MR) is 110 cm³/mol. The van der Waals surface area contributed by atoms with Gasteiger partial charge in [0, 0.05) is 50.5 Å². The Morgan fingerprint density at radius 1 is 1.22 bits per heavy atom. The van der Waals surface area contributed by atoms with E-state index in [4.69, 9.17) is 0 Å². The number of nitrogens with one attached hydrogen (secondary N) is 2. The van der Waals surface area contributed by atoms with Crippen LogP contribution in [0.25, 0.3) is 10.9 Å². The van der Waals surface area contributed by atoms with Crippen LogP contribution in [0.2, 0.25) is 0 Å². The van der Waals surface area contributed by atoms with E-state index in [1.54, 1.807) is 7.05 Å². The molecular formula is C20H27N7. The monoisotopic (exact) mass is 365 g/mol. The van der Waals surface area contributed by atoms with Crippen molar-refractivity contribution in [3.05, 3.63) is 60.0 Å². The lowest BCUT2D eigenvalue weighted by atomic mass is 10.1. The van der Waals surface area contributed by atoms with Crippen LogP contribution in [-0.4, -0.2) is 53.3 Å². The van der Waals surface area contributed by atoms with Gasteiger partial charge in [-0.1, -0.05) is 18.2 Å². The minimum atomic E-state index is 0.207. The van der Waals surface area contributed by atoms with E-state index in [1.807, 2.05) is 54.6 Å². The molecule has 0 spiro atoms. The zero-order valence-electron chi connectivity index (χ0n) is 16.3. The Morgan fingerprint density at radius 3 is 2.74 bits per heavy atom. The molecule has 0 saturated carbocycles. The van der Waals surface area contributed by atoms with E-state index in [0.717, 1.165) is 23.4 Å². The second-order valence-corrected chi connectivity index (χ2v) is 6.72. The van der Waals surface area contributed by atoms with Crippen molar-refractivity contribution in [1.29, 1.82) is 0 Å². The number of hydrogen-bond acceptors (Lipinski definition) is 4. The molecule has 3 rings (SSSR count). The molecule has 2 aromatic heterocycles. The number of aromatic nitrogens is 3. The minimum Gasteiger partial charge on any atom is -0.354 e. The van der Waals surface area contributed by atoms with E-state index in [-0.39, 0.29) is 6.04 Å². The summed E-state index contributed by atoms with van der Waals surface area (Å²) in [4.78, 5) is 10.9. The van der Waals surface area contributed by atoms with Gasteiger partial charge in [0.1, 0.15) is 0 Å². The summed E-state index contributed by atoms with van der Waals surface area (Å²) in [5, 5.41) is 12.3. The number of para-hydroxylation sites is 1. The molecule has 3 aromatic rings. The molecule has 0 amide bonds. The predicted octanol–water partition coefficient (Wildman–Crippen LogP) is 1.94. The van der Waals surface area contributed by atoms with Gasteiger partial charge < -0.3 is 15.5 Å². The van der Waals surface area contributed by atoms with Crippen LogP contribution >= 0.6 is 0 Å². The summed E-state index contributed by atoms with van der Waals surface area (Å²) < 4.78 is 1.83. The number of rotatable bonds is 6. The SMILES string of the molecule is CN=C(NCc1ccnc2ccccc12)NCC(c1cnn(C)c1)N(C)C. The maximum atomic E-state index is 4.42. The van der Waals surface area contributed by atoms with Crippen LogP contribution in [-0.2, 0) is 13.6 Å². The van der Waals surface area contributed by atoms with Crippen LogP contribution in [0.1, 0.15) is 17.2 Å². The molecule has 7 heteroatoms. The lowest BCUT2D eigenvalue weighted by Crippen LogP contribution is -2.41. The third-order valence-corrected chi connectivity index (χ3v) is 4.61. The highest BCUT2D eigenvalue weighted by molar-refractivity contribution is 5.83. The van der Waals surface area contributed by atoms with E-state index in [0.29, 0.717) is 6.54 Å². The fraction of sp³-hybridized carbons (Fsp3) is 0.350. The van der Waals surface area contributed by atoms with Gasteiger partial charge in [-0.3, -0.25) is 14.7 Å². The lowest BCUT2D eigenvalue weighted by Gasteiger charge is -2.24. The smallest absolute Gasteiger partial charge is 0.191 e. The number of fused-ring (bicyclic) bond motifs is 1. The molecule has 1 aromatic carbocycles. The summed E-state index contributed by atoms with van der Waals surface area (Å²) in [6.45, 7) is 1.41. The zero-order chi connectivity index (χ0) is 19.2.